The molecular weight excluding hydrogens is 959 g/mol. The molecule has 6 aromatic carbocycles. The Kier molecular flexibility index (Phi) is 11.5. The first-order chi connectivity index (χ1) is 28.6. The summed E-state index contributed by atoms with van der Waals surface area (Å²) in [6, 6.07) is 39.5. The normalized spacial score (nSPS) is 12.5. The molecule has 8 heteroatoms. The summed E-state index contributed by atoms with van der Waals surface area (Å²) in [5.41, 5.74) is 11.6. The van der Waals surface area contributed by atoms with Gasteiger partial charge in [-0.25, -0.2) is 4.98 Å². The first-order valence-corrected chi connectivity index (χ1v) is 20.7. The number of hydrogen-bond donors (Lipinski definition) is 1. The second kappa shape index (κ2) is 16.0. The number of alkyl halides is 3. The van der Waals surface area contributed by atoms with E-state index >= 15 is 0 Å². The average Bonchev–Trinajstić information content (AvgIpc) is 3.58. The largest absolute Gasteiger partial charge is 0.507 e. The van der Waals surface area contributed by atoms with Gasteiger partial charge in [0.15, 0.2) is 0 Å². The predicted octanol–water partition coefficient (Wildman–Crippen LogP) is 15.0. The number of phenols is 1. The van der Waals surface area contributed by atoms with Gasteiger partial charge in [0.2, 0.25) is 0 Å². The molecular formula is C54H51F3N3OPt-. The predicted molar refractivity (Wildman–Crippen MR) is 244 cm³/mol. The smallest absolute Gasteiger partial charge is 0.416 e. The third kappa shape index (κ3) is 8.49. The molecule has 0 saturated heterocycles. The average molecular weight is 1010 g/mol. The van der Waals surface area contributed by atoms with E-state index in [1.54, 1.807) is 6.07 Å². The van der Waals surface area contributed by atoms with Crippen molar-refractivity contribution in [3.63, 3.8) is 0 Å². The van der Waals surface area contributed by atoms with Crippen molar-refractivity contribution < 1.29 is 39.3 Å². The maximum Gasteiger partial charge on any atom is 0.416 e. The van der Waals surface area contributed by atoms with Crippen molar-refractivity contribution in [1.82, 2.24) is 14.5 Å². The fourth-order valence-corrected chi connectivity index (χ4v) is 7.94. The number of imidazole rings is 1. The molecule has 0 aliphatic heterocycles. The number of nitrogens with zero attached hydrogens (tertiary/aromatic N) is 3. The van der Waals surface area contributed by atoms with E-state index in [1.165, 1.54) is 17.7 Å². The van der Waals surface area contributed by atoms with Gasteiger partial charge in [-0.2, -0.15) is 13.2 Å². The van der Waals surface area contributed by atoms with Crippen LogP contribution in [0.25, 0.3) is 72.4 Å². The summed E-state index contributed by atoms with van der Waals surface area (Å²) in [4.78, 5) is 10.3. The van der Waals surface area contributed by atoms with Gasteiger partial charge < -0.3 is 5.11 Å². The van der Waals surface area contributed by atoms with Gasteiger partial charge in [0, 0.05) is 38.5 Å². The van der Waals surface area contributed by atoms with Crippen LogP contribution in [0.5, 0.6) is 5.75 Å². The second-order valence-electron chi connectivity index (χ2n) is 19.3. The summed E-state index contributed by atoms with van der Waals surface area (Å²) in [6.45, 7) is 21.6. The molecule has 320 valence electrons. The van der Waals surface area contributed by atoms with E-state index in [9.17, 15) is 18.3 Å². The van der Waals surface area contributed by atoms with Gasteiger partial charge in [-0.15, -0.1) is 35.4 Å². The van der Waals surface area contributed by atoms with E-state index < -0.39 is 11.7 Å². The molecule has 4 nitrogen and oxygen atoms in total. The summed E-state index contributed by atoms with van der Waals surface area (Å²) in [7, 11) is 0. The third-order valence-electron chi connectivity index (χ3n) is 11.7. The van der Waals surface area contributed by atoms with Crippen molar-refractivity contribution in [3.05, 3.63) is 155 Å². The van der Waals surface area contributed by atoms with E-state index in [-0.39, 0.29) is 43.1 Å². The second-order valence-corrected chi connectivity index (χ2v) is 19.3. The zero-order valence-corrected chi connectivity index (χ0v) is 39.1. The number of halogens is 3. The SMILES string of the molecule is Cc1ccnc2c(-c3[c-]c(-c4cc(-c5ccc(C(F)(F)F)cc5)cc5c4nc(-c4cc(C(C)(C)C)ccc4O)n5-c4ccc(C(C)(C)C)cc4)ccc3)cc(C(C)(C)C)cc12.[Pt]. The summed E-state index contributed by atoms with van der Waals surface area (Å²) in [5, 5.41) is 12.7. The van der Waals surface area contributed by atoms with Crippen molar-refractivity contribution in [2.75, 3.05) is 0 Å². The molecule has 0 saturated carbocycles. The number of hydrogen-bond acceptors (Lipinski definition) is 3. The third-order valence-corrected chi connectivity index (χ3v) is 11.7. The van der Waals surface area contributed by atoms with Crippen LogP contribution in [0.4, 0.5) is 13.2 Å². The van der Waals surface area contributed by atoms with Crippen LogP contribution in [-0.2, 0) is 43.5 Å². The van der Waals surface area contributed by atoms with E-state index in [1.807, 2.05) is 54.7 Å². The Morgan fingerprint density at radius 3 is 1.73 bits per heavy atom. The Balaban J connectivity index is 0.00000578. The zero-order chi connectivity index (χ0) is 43.8. The molecule has 0 fully saturated rings. The number of aromatic nitrogens is 3. The summed E-state index contributed by atoms with van der Waals surface area (Å²) >= 11 is 0. The molecule has 0 aliphatic rings. The van der Waals surface area contributed by atoms with Crippen LogP contribution in [0.2, 0.25) is 0 Å². The Labute approximate surface area is 377 Å². The molecule has 1 N–H and O–H groups in total. The Morgan fingerprint density at radius 1 is 0.565 bits per heavy atom. The minimum Gasteiger partial charge on any atom is -0.507 e. The van der Waals surface area contributed by atoms with Crippen LogP contribution in [0.3, 0.4) is 0 Å². The fourth-order valence-electron chi connectivity index (χ4n) is 7.94. The van der Waals surface area contributed by atoms with E-state index in [4.69, 9.17) is 9.97 Å². The maximum atomic E-state index is 13.8. The number of fused-ring (bicyclic) bond motifs is 2. The van der Waals surface area contributed by atoms with Gasteiger partial charge in [-0.3, -0.25) is 9.55 Å². The molecule has 62 heavy (non-hydrogen) atoms. The van der Waals surface area contributed by atoms with Gasteiger partial charge in [-0.1, -0.05) is 122 Å². The summed E-state index contributed by atoms with van der Waals surface area (Å²) < 4.78 is 43.5. The molecule has 8 rings (SSSR count). The molecule has 2 aromatic heterocycles. The molecule has 8 aromatic rings. The van der Waals surface area contributed by atoms with Crippen LogP contribution in [0.1, 0.15) is 90.1 Å². The first-order valence-electron chi connectivity index (χ1n) is 20.7. The molecule has 0 radical (unpaired) electrons. The van der Waals surface area contributed by atoms with Crippen LogP contribution in [0, 0.1) is 13.0 Å². The summed E-state index contributed by atoms with van der Waals surface area (Å²) in [5.74, 6) is 0.620. The standard InChI is InChI=1S/C54H51F3N3O.Pt/c1-32-24-25-58-48-42(32)30-40(53(8,9)10)31-44(48)35-13-11-12-34(26-35)43-27-36(33-14-16-38(17-15-33)54(55,56)57)28-46-49(43)59-50(45-29-39(52(5,6)7)20-23-47(45)61)60(46)41-21-18-37(19-22-41)51(2,3)4;/h11-25,27-31,61H,1-10H3;/q-1;. The maximum absolute atomic E-state index is 13.8. The molecule has 2 heterocycles. The van der Waals surface area contributed by atoms with Crippen LogP contribution >= 0.6 is 0 Å². The number of pyridine rings is 1. The Morgan fingerprint density at radius 2 is 1.13 bits per heavy atom. The summed E-state index contributed by atoms with van der Waals surface area (Å²) in [6.07, 6.45) is -2.63. The van der Waals surface area contributed by atoms with Crippen molar-refractivity contribution in [3.8, 4) is 56.2 Å². The first kappa shape index (κ1) is 44.5. The van der Waals surface area contributed by atoms with Gasteiger partial charge in [0.25, 0.3) is 0 Å². The van der Waals surface area contributed by atoms with Crippen LogP contribution in [0.15, 0.2) is 121 Å². The van der Waals surface area contributed by atoms with Crippen LogP contribution in [-0.4, -0.2) is 19.6 Å². The fraction of sp³-hybridized carbons (Fsp3) is 0.259. The van der Waals surface area contributed by atoms with Crippen molar-refractivity contribution in [1.29, 1.82) is 0 Å². The number of aromatic hydroxyl groups is 1. The van der Waals surface area contributed by atoms with Crippen LogP contribution < -0.4 is 0 Å². The molecule has 0 bridgehead atoms. The van der Waals surface area contributed by atoms with Crippen molar-refractivity contribution in [2.24, 2.45) is 0 Å². The van der Waals surface area contributed by atoms with Crippen molar-refractivity contribution in [2.45, 2.75) is 91.7 Å². The van der Waals surface area contributed by atoms with E-state index in [0.29, 0.717) is 28.0 Å². The monoisotopic (exact) mass is 1010 g/mol. The topological polar surface area (TPSA) is 50.9 Å². The van der Waals surface area contributed by atoms with Gasteiger partial charge in [0.05, 0.1) is 22.2 Å². The number of phenolic OH excluding ortho intramolecular Hbond substituents is 1. The molecule has 0 spiro atoms. The molecule has 0 unspecified atom stereocenters. The Bertz CT molecular complexity index is 2960. The number of rotatable bonds is 5. The molecule has 0 aliphatic carbocycles. The van der Waals surface area contributed by atoms with Crippen molar-refractivity contribution >= 4 is 21.9 Å². The molecule has 0 amide bonds. The zero-order valence-electron chi connectivity index (χ0n) is 36.8. The number of aryl methyl sites for hydroxylation is 1. The van der Waals surface area contributed by atoms with E-state index in [0.717, 1.165) is 73.2 Å². The molecule has 0 atom stereocenters. The Hall–Kier alpha value is -5.52. The van der Waals surface area contributed by atoms with E-state index in [2.05, 4.69) is 116 Å². The number of benzene rings is 6. The quantitative estimate of drug-likeness (QED) is 0.175. The minimum absolute atomic E-state index is 0. The van der Waals surface area contributed by atoms with Gasteiger partial charge >= 0.3 is 6.18 Å². The minimum atomic E-state index is -4.47. The van der Waals surface area contributed by atoms with Gasteiger partial charge in [-0.05, 0) is 110 Å². The van der Waals surface area contributed by atoms with Gasteiger partial charge in [0.1, 0.15) is 11.6 Å².